The third-order valence-corrected chi connectivity index (χ3v) is 5.42. The number of carboxylic acids is 1. The lowest BCUT2D eigenvalue weighted by molar-refractivity contribution is -0.305. The Kier molecular flexibility index (Phi) is 5.69. The molecule has 2 aromatic rings. The smallest absolute Gasteiger partial charge is 0.247 e. The van der Waals surface area contributed by atoms with Crippen molar-refractivity contribution in [3.05, 3.63) is 46.7 Å². The Labute approximate surface area is 158 Å². The van der Waals surface area contributed by atoms with E-state index in [0.29, 0.717) is 16.6 Å². The van der Waals surface area contributed by atoms with Crippen LogP contribution in [0.5, 0.6) is 5.75 Å². The number of hydrogen-bond donors (Lipinski definition) is 0. The monoisotopic (exact) mass is 388 g/mol. The van der Waals surface area contributed by atoms with Crippen LogP contribution in [-0.4, -0.2) is 35.6 Å². The molecule has 1 aliphatic heterocycles. The summed E-state index contributed by atoms with van der Waals surface area (Å²) in [5.74, 6) is -1.00. The number of methoxy groups -OCH3 is 1. The zero-order valence-electron chi connectivity index (χ0n) is 13.7. The fourth-order valence-corrected chi connectivity index (χ4v) is 3.94. The number of thiophene rings is 1. The topological polar surface area (TPSA) is 94.4 Å². The van der Waals surface area contributed by atoms with Gasteiger partial charge in [-0.1, -0.05) is 17.8 Å². The summed E-state index contributed by atoms with van der Waals surface area (Å²) in [6.45, 7) is 0. The molecule has 2 heterocycles. The lowest BCUT2D eigenvalue weighted by Gasteiger charge is -2.16. The highest BCUT2D eigenvalue weighted by atomic mass is 32.2. The van der Waals surface area contributed by atoms with Crippen LogP contribution >= 0.6 is 23.1 Å². The van der Waals surface area contributed by atoms with E-state index in [1.54, 1.807) is 37.6 Å². The van der Waals surface area contributed by atoms with Gasteiger partial charge in [-0.15, -0.1) is 16.4 Å². The first-order valence-electron chi connectivity index (χ1n) is 7.57. The number of hydrogen-bond acceptors (Lipinski definition) is 8. The zero-order chi connectivity index (χ0) is 18.5. The predicted molar refractivity (Wildman–Crippen MR) is 101 cm³/mol. The van der Waals surface area contributed by atoms with Gasteiger partial charge in [-0.05, 0) is 35.7 Å². The molecule has 134 valence electrons. The summed E-state index contributed by atoms with van der Waals surface area (Å²) in [6.07, 6.45) is 1.20. The van der Waals surface area contributed by atoms with Gasteiger partial charge in [0.25, 0.3) is 0 Å². The maximum Gasteiger partial charge on any atom is 0.247 e. The van der Waals surface area contributed by atoms with Gasteiger partial charge in [-0.25, -0.2) is 0 Å². The van der Waals surface area contributed by atoms with Crippen molar-refractivity contribution in [3.63, 3.8) is 0 Å². The highest BCUT2D eigenvalue weighted by Gasteiger charge is 2.39. The number of carbonyl (C=O) groups excluding carboxylic acids is 2. The highest BCUT2D eigenvalue weighted by molar-refractivity contribution is 8.16. The van der Waals surface area contributed by atoms with Gasteiger partial charge < -0.3 is 14.6 Å². The van der Waals surface area contributed by atoms with Gasteiger partial charge in [0.15, 0.2) is 5.17 Å². The first-order chi connectivity index (χ1) is 12.6. The quantitative estimate of drug-likeness (QED) is 0.555. The van der Waals surface area contributed by atoms with Gasteiger partial charge in [0.2, 0.25) is 5.91 Å². The van der Waals surface area contributed by atoms with Crippen LogP contribution in [0, 0.1) is 0 Å². The molecule has 0 radical (unpaired) electrons. The van der Waals surface area contributed by atoms with Crippen molar-refractivity contribution >= 4 is 52.0 Å². The summed E-state index contributed by atoms with van der Waals surface area (Å²) in [7, 11) is 1.55. The van der Waals surface area contributed by atoms with Crippen molar-refractivity contribution in [3.8, 4) is 5.75 Å². The second kappa shape index (κ2) is 8.15. The van der Waals surface area contributed by atoms with E-state index >= 15 is 0 Å². The molecule has 1 saturated heterocycles. The predicted octanol–water partition coefficient (Wildman–Crippen LogP) is 1.74. The van der Waals surface area contributed by atoms with Crippen LogP contribution in [0.15, 0.2) is 52.0 Å². The molecule has 9 heteroatoms. The van der Waals surface area contributed by atoms with Crippen LogP contribution in [0.4, 0.5) is 5.69 Å². The van der Waals surface area contributed by atoms with E-state index < -0.39 is 11.2 Å². The van der Waals surface area contributed by atoms with Crippen molar-refractivity contribution in [1.29, 1.82) is 0 Å². The van der Waals surface area contributed by atoms with Gasteiger partial charge in [0.1, 0.15) is 5.75 Å². The van der Waals surface area contributed by atoms with Crippen LogP contribution in [-0.2, 0) is 9.59 Å². The minimum Gasteiger partial charge on any atom is -0.550 e. The van der Waals surface area contributed by atoms with Gasteiger partial charge in [0, 0.05) is 17.3 Å². The maximum atomic E-state index is 12.7. The number of thioether (sulfide) groups is 1. The largest absolute Gasteiger partial charge is 0.550 e. The Bertz CT molecular complexity index is 847. The molecule has 3 rings (SSSR count). The van der Waals surface area contributed by atoms with Gasteiger partial charge in [0.05, 0.1) is 24.3 Å². The fourth-order valence-electron chi connectivity index (χ4n) is 2.29. The summed E-state index contributed by atoms with van der Waals surface area (Å²) in [5.41, 5.74) is 0.564. The van der Waals surface area contributed by atoms with Crippen LogP contribution in [0.25, 0.3) is 0 Å². The van der Waals surface area contributed by atoms with E-state index in [-0.39, 0.29) is 12.3 Å². The number of aliphatic carboxylic acids is 1. The van der Waals surface area contributed by atoms with E-state index in [2.05, 4.69) is 10.2 Å². The molecule has 0 aliphatic carbocycles. The van der Waals surface area contributed by atoms with Crippen LogP contribution < -0.4 is 14.7 Å². The zero-order valence-corrected chi connectivity index (χ0v) is 15.3. The molecule has 0 bridgehead atoms. The summed E-state index contributed by atoms with van der Waals surface area (Å²) in [4.78, 5) is 25.9. The van der Waals surface area contributed by atoms with Crippen LogP contribution in [0.2, 0.25) is 0 Å². The summed E-state index contributed by atoms with van der Waals surface area (Å²) in [6, 6.07) is 10.6. The fraction of sp³-hybridized carbons (Fsp3) is 0.176. The van der Waals surface area contributed by atoms with Gasteiger partial charge in [-0.3, -0.25) is 9.69 Å². The minimum absolute atomic E-state index is 0.319. The van der Waals surface area contributed by atoms with E-state index in [4.69, 9.17) is 4.74 Å². The van der Waals surface area contributed by atoms with Crippen molar-refractivity contribution in [2.75, 3.05) is 12.0 Å². The molecule has 0 saturated carbocycles. The van der Waals surface area contributed by atoms with Crippen molar-refractivity contribution < 1.29 is 19.4 Å². The number of amidine groups is 1. The normalized spacial score (nSPS) is 18.8. The minimum atomic E-state index is -1.28. The third kappa shape index (κ3) is 4.12. The Morgan fingerprint density at radius 3 is 2.73 bits per heavy atom. The molecule has 1 fully saturated rings. The van der Waals surface area contributed by atoms with E-state index in [1.165, 1.54) is 16.2 Å². The highest BCUT2D eigenvalue weighted by Crippen LogP contribution is 2.34. The number of carboxylic acid groups (broad SMARTS) is 1. The Hall–Kier alpha value is -2.65. The molecule has 0 spiro atoms. The molecule has 0 unspecified atom stereocenters. The Morgan fingerprint density at radius 2 is 2.12 bits per heavy atom. The standard InChI is InChI=1S/C17H15N3O4S2/c1-24-12-6-4-11(5-7-12)20-16(23)14(9-15(21)22)26-17(20)19-18-10-13-3-2-8-25-13/h2-8,10,14H,9H2,1H3,(H,21,22)/p-1/b18-10-,19-17+/t14-/m0/s1. The second-order valence-electron chi connectivity index (χ2n) is 5.20. The van der Waals surface area contributed by atoms with Crippen molar-refractivity contribution in [2.24, 2.45) is 10.2 Å². The van der Waals surface area contributed by atoms with Crippen LogP contribution in [0.1, 0.15) is 11.3 Å². The number of rotatable bonds is 6. The summed E-state index contributed by atoms with van der Waals surface area (Å²) in [5, 5.41) is 20.5. The molecule has 0 N–H and O–H groups in total. The van der Waals surface area contributed by atoms with Crippen molar-refractivity contribution in [2.45, 2.75) is 11.7 Å². The second-order valence-corrected chi connectivity index (χ2v) is 7.35. The molecule has 26 heavy (non-hydrogen) atoms. The number of nitrogens with zero attached hydrogens (tertiary/aromatic N) is 3. The molecule has 1 amide bonds. The van der Waals surface area contributed by atoms with Crippen LogP contribution in [0.3, 0.4) is 0 Å². The number of amides is 1. The molecule has 1 atom stereocenters. The van der Waals surface area contributed by atoms with Gasteiger partial charge >= 0.3 is 0 Å². The summed E-state index contributed by atoms with van der Waals surface area (Å²) >= 11 is 2.57. The van der Waals surface area contributed by atoms with E-state index in [9.17, 15) is 14.7 Å². The first-order valence-corrected chi connectivity index (χ1v) is 9.33. The molecular weight excluding hydrogens is 374 g/mol. The lowest BCUT2D eigenvalue weighted by atomic mass is 10.2. The number of carbonyl (C=O) groups is 2. The molecule has 1 aromatic carbocycles. The molecule has 1 aromatic heterocycles. The Balaban J connectivity index is 1.89. The first kappa shape index (κ1) is 18.2. The van der Waals surface area contributed by atoms with Gasteiger partial charge in [-0.2, -0.15) is 5.10 Å². The maximum absolute atomic E-state index is 12.7. The average molecular weight is 388 g/mol. The molecular formula is C17H14N3O4S2-. The Morgan fingerprint density at radius 1 is 1.35 bits per heavy atom. The molecule has 1 aliphatic rings. The lowest BCUT2D eigenvalue weighted by Crippen LogP contribution is -2.35. The third-order valence-electron chi connectivity index (χ3n) is 3.49. The van der Waals surface area contributed by atoms with Crippen molar-refractivity contribution in [1.82, 2.24) is 0 Å². The summed E-state index contributed by atoms with van der Waals surface area (Å²) < 4.78 is 5.12. The number of anilines is 1. The number of ether oxygens (including phenoxy) is 1. The van der Waals surface area contributed by atoms with E-state index in [0.717, 1.165) is 16.6 Å². The number of benzene rings is 1. The average Bonchev–Trinajstić information content (AvgIpc) is 3.24. The SMILES string of the molecule is COc1ccc(N2C(=O)[C@H](CC(=O)[O-])S/C2=N/N=C\c2cccs2)cc1. The molecule has 7 nitrogen and oxygen atoms in total. The van der Waals surface area contributed by atoms with E-state index in [1.807, 2.05) is 17.5 Å².